The van der Waals surface area contributed by atoms with E-state index in [1.165, 1.54) is 25.3 Å². The number of carbonyl (C=O) groups is 1. The maximum absolute atomic E-state index is 13.2. The van der Waals surface area contributed by atoms with Crippen LogP contribution in [0, 0.1) is 5.82 Å². The number of hydrogen-bond acceptors (Lipinski definition) is 3. The van der Waals surface area contributed by atoms with E-state index in [0.29, 0.717) is 12.2 Å². The molecule has 18 heavy (non-hydrogen) atoms. The summed E-state index contributed by atoms with van der Waals surface area (Å²) in [6.07, 6.45) is 0.608. The molecule has 0 aliphatic carbocycles. The summed E-state index contributed by atoms with van der Waals surface area (Å²) in [5, 5.41) is 14.0. The first kappa shape index (κ1) is 14.2. The second-order valence-electron chi connectivity index (χ2n) is 3.77. The maximum atomic E-state index is 13.2. The summed E-state index contributed by atoms with van der Waals surface area (Å²) in [6, 6.07) is 3.08. The SMILES string of the molecule is CCC(CO)NC(=O)Nc1cc(F)cc(OC)c1. The van der Waals surface area contributed by atoms with Crippen molar-refractivity contribution in [2.45, 2.75) is 19.4 Å². The Hall–Kier alpha value is -1.82. The Morgan fingerprint density at radius 3 is 2.78 bits per heavy atom. The lowest BCUT2D eigenvalue weighted by Crippen LogP contribution is -2.39. The summed E-state index contributed by atoms with van der Waals surface area (Å²) >= 11 is 0. The van der Waals surface area contributed by atoms with Crippen molar-refractivity contribution in [1.82, 2.24) is 5.32 Å². The number of hydrogen-bond donors (Lipinski definition) is 3. The van der Waals surface area contributed by atoms with Crippen LogP contribution < -0.4 is 15.4 Å². The van der Waals surface area contributed by atoms with Crippen molar-refractivity contribution < 1.29 is 19.0 Å². The fraction of sp³-hybridized carbons (Fsp3) is 0.417. The molecule has 0 fully saturated rings. The lowest BCUT2D eigenvalue weighted by Gasteiger charge is -2.15. The van der Waals surface area contributed by atoms with Crippen molar-refractivity contribution >= 4 is 11.7 Å². The zero-order valence-electron chi connectivity index (χ0n) is 10.4. The van der Waals surface area contributed by atoms with Gasteiger partial charge in [-0.2, -0.15) is 0 Å². The first-order valence-corrected chi connectivity index (χ1v) is 5.62. The fourth-order valence-electron chi connectivity index (χ4n) is 1.38. The normalized spacial score (nSPS) is 11.8. The molecule has 0 saturated carbocycles. The Balaban J connectivity index is 2.66. The van der Waals surface area contributed by atoms with Crippen molar-refractivity contribution in [2.75, 3.05) is 19.0 Å². The molecule has 5 nitrogen and oxygen atoms in total. The molecule has 0 spiro atoms. The Morgan fingerprint density at radius 1 is 1.50 bits per heavy atom. The zero-order chi connectivity index (χ0) is 13.5. The number of anilines is 1. The molecule has 1 unspecified atom stereocenters. The molecule has 1 atom stereocenters. The molecule has 0 radical (unpaired) electrons. The minimum absolute atomic E-state index is 0.142. The second-order valence-corrected chi connectivity index (χ2v) is 3.77. The van der Waals surface area contributed by atoms with Gasteiger partial charge in [0.1, 0.15) is 11.6 Å². The molecule has 100 valence electrons. The van der Waals surface area contributed by atoms with Crippen LogP contribution in [0.3, 0.4) is 0 Å². The molecule has 0 aromatic heterocycles. The van der Waals surface area contributed by atoms with Crippen molar-refractivity contribution in [1.29, 1.82) is 0 Å². The van der Waals surface area contributed by atoms with Crippen molar-refractivity contribution in [3.05, 3.63) is 24.0 Å². The van der Waals surface area contributed by atoms with Crippen LogP contribution in [-0.4, -0.2) is 30.9 Å². The van der Waals surface area contributed by atoms with Gasteiger partial charge < -0.3 is 20.5 Å². The highest BCUT2D eigenvalue weighted by Crippen LogP contribution is 2.19. The van der Waals surface area contributed by atoms with Crippen LogP contribution in [0.15, 0.2) is 18.2 Å². The van der Waals surface area contributed by atoms with E-state index in [4.69, 9.17) is 9.84 Å². The molecule has 0 saturated heterocycles. The molecular weight excluding hydrogens is 239 g/mol. The standard InChI is InChI=1S/C12H17FN2O3/c1-3-9(7-16)14-12(17)15-10-4-8(13)5-11(6-10)18-2/h4-6,9,16H,3,7H2,1-2H3,(H2,14,15,17). The number of carbonyl (C=O) groups excluding carboxylic acids is 1. The van der Waals surface area contributed by atoms with E-state index < -0.39 is 11.8 Å². The van der Waals surface area contributed by atoms with Gasteiger partial charge in [-0.25, -0.2) is 9.18 Å². The van der Waals surface area contributed by atoms with Gasteiger partial charge in [0.25, 0.3) is 0 Å². The molecule has 1 aromatic carbocycles. The number of ether oxygens (including phenoxy) is 1. The Kier molecular flexibility index (Phi) is 5.38. The second kappa shape index (κ2) is 6.80. The number of methoxy groups -OCH3 is 1. The van der Waals surface area contributed by atoms with Crippen LogP contribution >= 0.6 is 0 Å². The molecule has 1 rings (SSSR count). The van der Waals surface area contributed by atoms with Crippen molar-refractivity contribution in [3.63, 3.8) is 0 Å². The highest BCUT2D eigenvalue weighted by molar-refractivity contribution is 5.89. The van der Waals surface area contributed by atoms with Crippen LogP contribution in [-0.2, 0) is 0 Å². The molecule has 0 heterocycles. The lowest BCUT2D eigenvalue weighted by atomic mass is 10.2. The first-order chi connectivity index (χ1) is 8.58. The molecule has 0 aliphatic heterocycles. The van der Waals surface area contributed by atoms with Crippen LogP contribution in [0.25, 0.3) is 0 Å². The minimum Gasteiger partial charge on any atom is -0.497 e. The predicted octanol–water partition coefficient (Wildman–Crippen LogP) is 1.73. The summed E-state index contributed by atoms with van der Waals surface area (Å²) < 4.78 is 18.1. The van der Waals surface area contributed by atoms with Gasteiger partial charge in [0.2, 0.25) is 0 Å². The van der Waals surface area contributed by atoms with E-state index in [1.54, 1.807) is 0 Å². The number of aliphatic hydroxyl groups is 1. The highest BCUT2D eigenvalue weighted by atomic mass is 19.1. The van der Waals surface area contributed by atoms with E-state index in [9.17, 15) is 9.18 Å². The van der Waals surface area contributed by atoms with Crippen molar-refractivity contribution in [2.24, 2.45) is 0 Å². The highest BCUT2D eigenvalue weighted by Gasteiger charge is 2.10. The molecule has 6 heteroatoms. The average molecular weight is 256 g/mol. The first-order valence-electron chi connectivity index (χ1n) is 5.62. The van der Waals surface area contributed by atoms with Gasteiger partial charge in [-0.1, -0.05) is 6.92 Å². The summed E-state index contributed by atoms with van der Waals surface area (Å²) in [4.78, 5) is 11.6. The van der Waals surface area contributed by atoms with Crippen LogP contribution in [0.1, 0.15) is 13.3 Å². The van der Waals surface area contributed by atoms with Gasteiger partial charge >= 0.3 is 6.03 Å². The molecule has 3 N–H and O–H groups in total. The molecule has 0 bridgehead atoms. The summed E-state index contributed by atoms with van der Waals surface area (Å²) in [5.41, 5.74) is 0.289. The average Bonchev–Trinajstić information content (AvgIpc) is 2.35. The third kappa shape index (κ3) is 4.21. The Labute approximate surface area is 105 Å². The van der Waals surface area contributed by atoms with Crippen molar-refractivity contribution in [3.8, 4) is 5.75 Å². The maximum Gasteiger partial charge on any atom is 0.319 e. The van der Waals surface area contributed by atoms with E-state index in [2.05, 4.69) is 10.6 Å². The van der Waals surface area contributed by atoms with E-state index in [1.807, 2.05) is 6.92 Å². The summed E-state index contributed by atoms with van der Waals surface area (Å²) in [7, 11) is 1.41. The smallest absolute Gasteiger partial charge is 0.319 e. The Bertz CT molecular complexity index is 408. The fourth-order valence-corrected chi connectivity index (χ4v) is 1.38. The van der Waals surface area contributed by atoms with Gasteiger partial charge in [0.15, 0.2) is 0 Å². The predicted molar refractivity (Wildman–Crippen MR) is 66.3 cm³/mol. The number of aliphatic hydroxyl groups excluding tert-OH is 1. The van der Waals surface area contributed by atoms with E-state index >= 15 is 0 Å². The Morgan fingerprint density at radius 2 is 2.22 bits per heavy atom. The van der Waals surface area contributed by atoms with E-state index in [0.717, 1.165) is 0 Å². The zero-order valence-corrected chi connectivity index (χ0v) is 10.4. The number of benzene rings is 1. The minimum atomic E-state index is -0.501. The van der Waals surface area contributed by atoms with E-state index in [-0.39, 0.29) is 18.3 Å². The largest absolute Gasteiger partial charge is 0.497 e. The monoisotopic (exact) mass is 256 g/mol. The number of urea groups is 1. The number of amides is 2. The third-order valence-electron chi connectivity index (χ3n) is 2.41. The third-order valence-corrected chi connectivity index (χ3v) is 2.41. The van der Waals surface area contributed by atoms with Gasteiger partial charge in [-0.3, -0.25) is 0 Å². The number of halogens is 1. The van der Waals surface area contributed by atoms with Crippen LogP contribution in [0.4, 0.5) is 14.9 Å². The topological polar surface area (TPSA) is 70.6 Å². The lowest BCUT2D eigenvalue weighted by molar-refractivity contribution is 0.222. The molecular formula is C12H17FN2O3. The van der Waals surface area contributed by atoms with Gasteiger partial charge in [-0.05, 0) is 12.5 Å². The summed E-state index contributed by atoms with van der Waals surface area (Å²) in [5.74, 6) is -0.182. The van der Waals surface area contributed by atoms with Gasteiger partial charge in [0.05, 0.1) is 19.8 Å². The molecule has 0 aliphatic rings. The number of nitrogens with one attached hydrogen (secondary N) is 2. The van der Waals surface area contributed by atoms with Gasteiger partial charge in [-0.15, -0.1) is 0 Å². The molecule has 2 amide bonds. The van der Waals surface area contributed by atoms with Crippen LogP contribution in [0.2, 0.25) is 0 Å². The van der Waals surface area contributed by atoms with Crippen LogP contribution in [0.5, 0.6) is 5.75 Å². The van der Waals surface area contributed by atoms with Gasteiger partial charge in [0, 0.05) is 17.8 Å². The summed E-state index contributed by atoms with van der Waals surface area (Å²) in [6.45, 7) is 1.70. The quantitative estimate of drug-likeness (QED) is 0.751. The molecule has 1 aromatic rings. The number of rotatable bonds is 5.